The minimum absolute atomic E-state index is 0.144. The Hall–Kier alpha value is -5.44. The molecule has 0 spiro atoms. The van der Waals surface area contributed by atoms with Gasteiger partial charge in [-0.15, -0.1) is 0 Å². The van der Waals surface area contributed by atoms with E-state index in [2.05, 4.69) is 9.67 Å². The molecule has 0 saturated heterocycles. The highest BCUT2D eigenvalue weighted by molar-refractivity contribution is 5.85. The molecule has 0 aliphatic rings. The second-order valence-electron chi connectivity index (χ2n) is 9.71. The van der Waals surface area contributed by atoms with Crippen molar-refractivity contribution in [3.8, 4) is 23.0 Å². The van der Waals surface area contributed by atoms with Crippen molar-refractivity contribution in [1.29, 1.82) is 0 Å². The van der Waals surface area contributed by atoms with Crippen LogP contribution in [0.3, 0.4) is 0 Å². The van der Waals surface area contributed by atoms with Crippen molar-refractivity contribution in [3.05, 3.63) is 112 Å². The van der Waals surface area contributed by atoms with E-state index in [9.17, 15) is 9.59 Å². The van der Waals surface area contributed by atoms with Crippen LogP contribution in [0, 0.1) is 13.8 Å². The summed E-state index contributed by atoms with van der Waals surface area (Å²) in [6.07, 6.45) is 1.67. The maximum atomic E-state index is 13.6. The van der Waals surface area contributed by atoms with E-state index in [0.29, 0.717) is 40.4 Å². The molecule has 0 radical (unpaired) electrons. The van der Waals surface area contributed by atoms with Gasteiger partial charge in [0.2, 0.25) is 5.82 Å². The van der Waals surface area contributed by atoms with Gasteiger partial charge in [-0.25, -0.2) is 9.78 Å². The maximum absolute atomic E-state index is 13.6. The molecule has 3 aromatic carbocycles. The van der Waals surface area contributed by atoms with Crippen LogP contribution in [-0.4, -0.2) is 39.6 Å². The number of ether oxygens (including phenoxy) is 2. The summed E-state index contributed by atoms with van der Waals surface area (Å²) in [5.41, 5.74) is 4.65. The molecule has 0 aliphatic heterocycles. The zero-order valence-electron chi connectivity index (χ0n) is 23.4. The van der Waals surface area contributed by atoms with Crippen molar-refractivity contribution in [1.82, 2.24) is 14.2 Å². The van der Waals surface area contributed by atoms with Crippen LogP contribution in [0.15, 0.2) is 99.2 Å². The highest BCUT2D eigenvalue weighted by Crippen LogP contribution is 2.27. The summed E-state index contributed by atoms with van der Waals surface area (Å²) < 4.78 is 19.9. The topological polar surface area (TPSA) is 101 Å². The molecule has 6 aromatic rings. The average Bonchev–Trinajstić information content (AvgIpc) is 3.56. The van der Waals surface area contributed by atoms with Crippen molar-refractivity contribution in [2.75, 3.05) is 13.2 Å². The molecule has 9 nitrogen and oxygen atoms in total. The first kappa shape index (κ1) is 26.8. The molecule has 0 saturated carbocycles. The van der Waals surface area contributed by atoms with E-state index < -0.39 is 5.97 Å². The van der Waals surface area contributed by atoms with Gasteiger partial charge in [0, 0.05) is 28.0 Å². The molecule has 0 aliphatic carbocycles. The lowest BCUT2D eigenvalue weighted by molar-refractivity contribution is -0.145. The average molecular weight is 561 g/mol. The van der Waals surface area contributed by atoms with Crippen molar-refractivity contribution in [3.63, 3.8) is 0 Å². The molecule has 3 heterocycles. The summed E-state index contributed by atoms with van der Waals surface area (Å²) in [6.45, 7) is 5.91. The van der Waals surface area contributed by atoms with E-state index in [0.717, 1.165) is 28.0 Å². The van der Waals surface area contributed by atoms with Crippen LogP contribution in [0.1, 0.15) is 23.9 Å². The number of nitrogens with zero attached hydrogens (tertiary/aromatic N) is 4. The SMILES string of the molecule is CCOC(=O)COc1ccc(-n2c(C)cc(C=Nn3c(-c4cc5ccccc5o4)nc4ccccc4c3=O)c2C)cc1. The lowest BCUT2D eigenvalue weighted by Crippen LogP contribution is -2.20. The lowest BCUT2D eigenvalue weighted by atomic mass is 10.2. The predicted molar refractivity (Wildman–Crippen MR) is 162 cm³/mol. The van der Waals surface area contributed by atoms with Crippen LogP contribution >= 0.6 is 0 Å². The summed E-state index contributed by atoms with van der Waals surface area (Å²) in [5, 5.41) is 6.00. The van der Waals surface area contributed by atoms with Crippen molar-refractivity contribution < 1.29 is 18.7 Å². The number of aryl methyl sites for hydroxylation is 1. The molecule has 210 valence electrons. The molecular weight excluding hydrogens is 532 g/mol. The Labute approximate surface area is 241 Å². The number of para-hydroxylation sites is 2. The normalized spacial score (nSPS) is 11.5. The molecule has 9 heteroatoms. The molecule has 0 amide bonds. The van der Waals surface area contributed by atoms with Gasteiger partial charge in [0.25, 0.3) is 5.56 Å². The third-order valence-corrected chi connectivity index (χ3v) is 6.94. The number of benzene rings is 3. The minimum atomic E-state index is -0.410. The Balaban J connectivity index is 1.35. The Bertz CT molecular complexity index is 1980. The van der Waals surface area contributed by atoms with Crippen LogP contribution in [0.25, 0.3) is 39.1 Å². The van der Waals surface area contributed by atoms with Crippen LogP contribution in [0.5, 0.6) is 5.75 Å². The Morgan fingerprint density at radius 3 is 2.55 bits per heavy atom. The summed E-state index contributed by atoms with van der Waals surface area (Å²) in [4.78, 5) is 30.0. The molecule has 0 N–H and O–H groups in total. The smallest absolute Gasteiger partial charge is 0.344 e. The monoisotopic (exact) mass is 560 g/mol. The fourth-order valence-electron chi connectivity index (χ4n) is 4.95. The largest absolute Gasteiger partial charge is 0.482 e. The summed E-state index contributed by atoms with van der Waals surface area (Å²) >= 11 is 0. The Morgan fingerprint density at radius 2 is 1.76 bits per heavy atom. The molecule has 42 heavy (non-hydrogen) atoms. The van der Waals surface area contributed by atoms with Gasteiger partial charge in [0.05, 0.1) is 23.7 Å². The third-order valence-electron chi connectivity index (χ3n) is 6.94. The van der Waals surface area contributed by atoms with E-state index in [-0.39, 0.29) is 12.2 Å². The van der Waals surface area contributed by atoms with Gasteiger partial charge in [-0.2, -0.15) is 9.78 Å². The number of rotatable bonds is 8. The van der Waals surface area contributed by atoms with Gasteiger partial charge < -0.3 is 18.5 Å². The molecule has 0 atom stereocenters. The van der Waals surface area contributed by atoms with Gasteiger partial charge in [0.1, 0.15) is 11.3 Å². The fraction of sp³-hybridized carbons (Fsp3) is 0.152. The van der Waals surface area contributed by atoms with E-state index >= 15 is 0 Å². The Morgan fingerprint density at radius 1 is 1.00 bits per heavy atom. The second kappa shape index (κ2) is 11.2. The number of furan rings is 1. The molecule has 0 fully saturated rings. The zero-order chi connectivity index (χ0) is 29.2. The highest BCUT2D eigenvalue weighted by atomic mass is 16.6. The van der Waals surface area contributed by atoms with Crippen LogP contribution in [0.4, 0.5) is 0 Å². The Kier molecular flexibility index (Phi) is 7.14. The summed E-state index contributed by atoms with van der Waals surface area (Å²) in [5.74, 6) is 0.925. The van der Waals surface area contributed by atoms with E-state index in [1.807, 2.05) is 68.4 Å². The maximum Gasteiger partial charge on any atom is 0.344 e. The van der Waals surface area contributed by atoms with Gasteiger partial charge in [-0.05, 0) is 75.4 Å². The van der Waals surface area contributed by atoms with Crippen LogP contribution in [-0.2, 0) is 9.53 Å². The zero-order valence-corrected chi connectivity index (χ0v) is 23.4. The number of fused-ring (bicyclic) bond motifs is 2. The summed E-state index contributed by atoms with van der Waals surface area (Å²) in [7, 11) is 0. The summed E-state index contributed by atoms with van der Waals surface area (Å²) in [6, 6.07) is 26.2. The minimum Gasteiger partial charge on any atom is -0.482 e. The van der Waals surface area contributed by atoms with Gasteiger partial charge in [-0.1, -0.05) is 30.3 Å². The van der Waals surface area contributed by atoms with Crippen molar-refractivity contribution >= 4 is 34.1 Å². The standard InChI is InChI=1S/C33H28N4O5/c1-4-40-31(38)20-41-26-15-13-25(14-16-26)36-21(2)17-24(22(36)3)19-34-37-32(30-18-23-9-5-8-12-29(23)42-30)35-28-11-7-6-10-27(28)33(37)39/h5-19H,4,20H2,1-3H3. The number of carbonyl (C=O) groups excluding carboxylic acids is 1. The van der Waals surface area contributed by atoms with E-state index in [4.69, 9.17) is 18.9 Å². The quantitative estimate of drug-likeness (QED) is 0.166. The number of carbonyl (C=O) groups is 1. The van der Waals surface area contributed by atoms with Crippen molar-refractivity contribution in [2.24, 2.45) is 5.10 Å². The molecule has 0 unspecified atom stereocenters. The van der Waals surface area contributed by atoms with Gasteiger partial charge >= 0.3 is 5.97 Å². The third kappa shape index (κ3) is 5.08. The van der Waals surface area contributed by atoms with Gasteiger partial charge in [0.15, 0.2) is 12.4 Å². The van der Waals surface area contributed by atoms with Crippen LogP contribution in [0.2, 0.25) is 0 Å². The highest BCUT2D eigenvalue weighted by Gasteiger charge is 2.17. The van der Waals surface area contributed by atoms with E-state index in [1.165, 1.54) is 4.68 Å². The number of hydrogen-bond donors (Lipinski definition) is 0. The second-order valence-corrected chi connectivity index (χ2v) is 9.71. The lowest BCUT2D eigenvalue weighted by Gasteiger charge is -2.11. The van der Waals surface area contributed by atoms with E-state index in [1.54, 1.807) is 43.5 Å². The molecule has 3 aromatic heterocycles. The molecule has 6 rings (SSSR count). The van der Waals surface area contributed by atoms with Crippen LogP contribution < -0.4 is 10.3 Å². The van der Waals surface area contributed by atoms with Gasteiger partial charge in [-0.3, -0.25) is 4.79 Å². The number of esters is 1. The number of aromatic nitrogens is 3. The molecule has 0 bridgehead atoms. The first-order valence-corrected chi connectivity index (χ1v) is 13.6. The molecular formula is C33H28N4O5. The fourth-order valence-corrected chi connectivity index (χ4v) is 4.95. The number of hydrogen-bond acceptors (Lipinski definition) is 7. The first-order chi connectivity index (χ1) is 20.4. The van der Waals surface area contributed by atoms with Crippen molar-refractivity contribution in [2.45, 2.75) is 20.8 Å². The first-order valence-electron chi connectivity index (χ1n) is 13.6. The predicted octanol–water partition coefficient (Wildman–Crippen LogP) is 6.04.